The van der Waals surface area contributed by atoms with Gasteiger partial charge in [-0.25, -0.2) is 0 Å². The molecule has 0 aromatic carbocycles. The lowest BCUT2D eigenvalue weighted by atomic mass is 10.0. The molecule has 0 aromatic rings. The molecule has 0 bridgehead atoms. The van der Waals surface area contributed by atoms with Crippen LogP contribution in [0.1, 0.15) is 20.3 Å². The minimum atomic E-state index is -0.775. The Labute approximate surface area is 102 Å². The van der Waals surface area contributed by atoms with Crippen molar-refractivity contribution in [3.8, 4) is 0 Å². The molecule has 1 aliphatic rings. The molecular weight excluding hydrogens is 224 g/mol. The van der Waals surface area contributed by atoms with Gasteiger partial charge in [-0.1, -0.05) is 6.08 Å². The number of rotatable bonds is 6. The molecular formula is C12H22O5. The molecule has 1 rings (SSSR count). The van der Waals surface area contributed by atoms with Crippen molar-refractivity contribution >= 4 is 0 Å². The normalized spacial score (nSPS) is 31.1. The molecule has 1 heterocycles. The average Bonchev–Trinajstić information content (AvgIpc) is 2.55. The van der Waals surface area contributed by atoms with Crippen molar-refractivity contribution in [2.75, 3.05) is 13.7 Å². The zero-order chi connectivity index (χ0) is 13.1. The monoisotopic (exact) mass is 246 g/mol. The average molecular weight is 246 g/mol. The summed E-state index contributed by atoms with van der Waals surface area (Å²) in [5.74, 6) is -0.775. The standard InChI is InChI=1S/C12H22O5/c1-5-6-8(14)10(15-4)11-9(7-13)16-12(2,3)17-11/h5,8-11,13-14H,1,6-7H2,2-4H3/t8-,9+,10+,11+/m1/s1. The van der Waals surface area contributed by atoms with E-state index in [2.05, 4.69) is 6.58 Å². The molecule has 2 N–H and O–H groups in total. The zero-order valence-electron chi connectivity index (χ0n) is 10.6. The minimum Gasteiger partial charge on any atom is -0.394 e. The predicted octanol–water partition coefficient (Wildman–Crippen LogP) is 0.451. The van der Waals surface area contributed by atoms with E-state index in [9.17, 15) is 10.2 Å². The van der Waals surface area contributed by atoms with E-state index in [0.29, 0.717) is 6.42 Å². The van der Waals surface area contributed by atoms with Gasteiger partial charge in [0, 0.05) is 7.11 Å². The lowest BCUT2D eigenvalue weighted by molar-refractivity contribution is -0.166. The van der Waals surface area contributed by atoms with Crippen molar-refractivity contribution in [2.24, 2.45) is 0 Å². The first kappa shape index (κ1) is 14.6. The summed E-state index contributed by atoms with van der Waals surface area (Å²) in [5.41, 5.74) is 0. The Balaban J connectivity index is 2.76. The van der Waals surface area contributed by atoms with Crippen LogP contribution in [0.3, 0.4) is 0 Å². The second kappa shape index (κ2) is 5.93. The Morgan fingerprint density at radius 1 is 1.47 bits per heavy atom. The van der Waals surface area contributed by atoms with Gasteiger partial charge in [0.15, 0.2) is 5.79 Å². The second-order valence-corrected chi connectivity index (χ2v) is 4.61. The molecule has 0 aliphatic carbocycles. The third-order valence-corrected chi connectivity index (χ3v) is 2.78. The van der Waals surface area contributed by atoms with E-state index >= 15 is 0 Å². The number of methoxy groups -OCH3 is 1. The third kappa shape index (κ3) is 3.50. The Morgan fingerprint density at radius 2 is 2.12 bits per heavy atom. The highest BCUT2D eigenvalue weighted by Crippen LogP contribution is 2.32. The van der Waals surface area contributed by atoms with E-state index < -0.39 is 30.2 Å². The van der Waals surface area contributed by atoms with E-state index in [-0.39, 0.29) is 6.61 Å². The van der Waals surface area contributed by atoms with Gasteiger partial charge in [0.05, 0.1) is 12.7 Å². The molecule has 1 fully saturated rings. The van der Waals surface area contributed by atoms with Crippen molar-refractivity contribution in [3.63, 3.8) is 0 Å². The van der Waals surface area contributed by atoms with Crippen LogP contribution in [0.25, 0.3) is 0 Å². The fourth-order valence-corrected chi connectivity index (χ4v) is 2.10. The van der Waals surface area contributed by atoms with Crippen LogP contribution >= 0.6 is 0 Å². The van der Waals surface area contributed by atoms with E-state index in [1.165, 1.54) is 7.11 Å². The zero-order valence-corrected chi connectivity index (χ0v) is 10.6. The van der Waals surface area contributed by atoms with E-state index in [4.69, 9.17) is 14.2 Å². The first-order valence-corrected chi connectivity index (χ1v) is 5.73. The summed E-state index contributed by atoms with van der Waals surface area (Å²) < 4.78 is 16.5. The molecule has 0 aromatic heterocycles. The lowest BCUT2D eigenvalue weighted by Crippen LogP contribution is -2.45. The van der Waals surface area contributed by atoms with Gasteiger partial charge in [-0.2, -0.15) is 0 Å². The minimum absolute atomic E-state index is 0.172. The fourth-order valence-electron chi connectivity index (χ4n) is 2.10. The Hall–Kier alpha value is -0.460. The SMILES string of the molecule is C=CC[C@@H](O)[C@H](OC)[C@H]1OC(C)(C)O[C@H]1CO. The van der Waals surface area contributed by atoms with Crippen LogP contribution in [0, 0.1) is 0 Å². The van der Waals surface area contributed by atoms with Crippen molar-refractivity contribution in [3.05, 3.63) is 12.7 Å². The molecule has 5 heteroatoms. The highest BCUT2D eigenvalue weighted by atomic mass is 16.8. The van der Waals surface area contributed by atoms with Gasteiger partial charge in [0.25, 0.3) is 0 Å². The summed E-state index contributed by atoms with van der Waals surface area (Å²) in [4.78, 5) is 0. The molecule has 0 amide bonds. The summed E-state index contributed by atoms with van der Waals surface area (Å²) in [6, 6.07) is 0. The van der Waals surface area contributed by atoms with Crippen LogP contribution in [0.2, 0.25) is 0 Å². The maximum absolute atomic E-state index is 9.94. The van der Waals surface area contributed by atoms with Gasteiger partial charge in [0.1, 0.15) is 18.3 Å². The van der Waals surface area contributed by atoms with E-state index in [1.54, 1.807) is 19.9 Å². The highest BCUT2D eigenvalue weighted by molar-refractivity contribution is 4.92. The number of aliphatic hydroxyl groups excluding tert-OH is 2. The van der Waals surface area contributed by atoms with Gasteiger partial charge in [-0.3, -0.25) is 0 Å². The molecule has 4 atom stereocenters. The molecule has 0 radical (unpaired) electrons. The topological polar surface area (TPSA) is 68.2 Å². The second-order valence-electron chi connectivity index (χ2n) is 4.61. The van der Waals surface area contributed by atoms with E-state index in [0.717, 1.165) is 0 Å². The summed E-state index contributed by atoms with van der Waals surface area (Å²) in [6.07, 6.45) is -0.243. The smallest absolute Gasteiger partial charge is 0.164 e. The number of ether oxygens (including phenoxy) is 3. The van der Waals surface area contributed by atoms with Crippen LogP contribution in [-0.2, 0) is 14.2 Å². The van der Waals surface area contributed by atoms with Gasteiger partial charge in [-0.15, -0.1) is 6.58 Å². The quantitative estimate of drug-likeness (QED) is 0.666. The summed E-state index contributed by atoms with van der Waals surface area (Å²) >= 11 is 0. The Kier molecular flexibility index (Phi) is 5.09. The van der Waals surface area contributed by atoms with Crippen molar-refractivity contribution in [1.82, 2.24) is 0 Å². The predicted molar refractivity (Wildman–Crippen MR) is 62.5 cm³/mol. The fraction of sp³-hybridized carbons (Fsp3) is 0.833. The Morgan fingerprint density at radius 3 is 2.59 bits per heavy atom. The lowest BCUT2D eigenvalue weighted by Gasteiger charge is -2.28. The van der Waals surface area contributed by atoms with Gasteiger partial charge >= 0.3 is 0 Å². The van der Waals surface area contributed by atoms with Crippen LogP contribution in [-0.4, -0.2) is 54.1 Å². The van der Waals surface area contributed by atoms with Crippen molar-refractivity contribution < 1.29 is 24.4 Å². The Bertz CT molecular complexity index is 253. The molecule has 1 aliphatic heterocycles. The highest BCUT2D eigenvalue weighted by Gasteiger charge is 2.46. The third-order valence-electron chi connectivity index (χ3n) is 2.78. The molecule has 0 saturated carbocycles. The molecule has 100 valence electrons. The van der Waals surface area contributed by atoms with Gasteiger partial charge in [-0.05, 0) is 20.3 Å². The van der Waals surface area contributed by atoms with Crippen LogP contribution in [0.5, 0.6) is 0 Å². The largest absolute Gasteiger partial charge is 0.394 e. The van der Waals surface area contributed by atoms with Crippen LogP contribution < -0.4 is 0 Å². The summed E-state index contributed by atoms with van der Waals surface area (Å²) in [6.45, 7) is 6.94. The maximum atomic E-state index is 9.94. The molecule has 17 heavy (non-hydrogen) atoms. The number of hydrogen-bond donors (Lipinski definition) is 2. The first-order valence-electron chi connectivity index (χ1n) is 5.73. The maximum Gasteiger partial charge on any atom is 0.164 e. The molecule has 1 saturated heterocycles. The van der Waals surface area contributed by atoms with Gasteiger partial charge in [0.2, 0.25) is 0 Å². The molecule has 0 spiro atoms. The van der Waals surface area contributed by atoms with Gasteiger partial charge < -0.3 is 24.4 Å². The van der Waals surface area contributed by atoms with Crippen molar-refractivity contribution in [1.29, 1.82) is 0 Å². The summed E-state index contributed by atoms with van der Waals surface area (Å²) in [5, 5.41) is 19.2. The van der Waals surface area contributed by atoms with E-state index in [1.807, 2.05) is 0 Å². The molecule has 5 nitrogen and oxygen atoms in total. The van der Waals surface area contributed by atoms with Crippen LogP contribution in [0.4, 0.5) is 0 Å². The first-order chi connectivity index (χ1) is 7.95. The summed E-state index contributed by atoms with van der Waals surface area (Å²) in [7, 11) is 1.50. The number of aliphatic hydroxyl groups is 2. The van der Waals surface area contributed by atoms with Crippen molar-refractivity contribution in [2.45, 2.75) is 50.5 Å². The van der Waals surface area contributed by atoms with Crippen LogP contribution in [0.15, 0.2) is 12.7 Å². The number of hydrogen-bond acceptors (Lipinski definition) is 5. The molecule has 0 unspecified atom stereocenters.